The molecule has 69 heavy (non-hydrogen) atoms. The third-order valence-corrected chi connectivity index (χ3v) is 13.6. The van der Waals surface area contributed by atoms with Gasteiger partial charge in [-0.25, -0.2) is 0 Å². The summed E-state index contributed by atoms with van der Waals surface area (Å²) in [6.45, 7) is 0. The monoisotopic (exact) mass is 880 g/mol. The van der Waals surface area contributed by atoms with E-state index in [4.69, 9.17) is 0 Å². The van der Waals surface area contributed by atoms with Gasteiger partial charge >= 0.3 is 0 Å². The van der Waals surface area contributed by atoms with Crippen LogP contribution in [-0.4, -0.2) is 0 Å². The lowest BCUT2D eigenvalue weighted by atomic mass is 9.67. The molecule has 1 aliphatic carbocycles. The van der Waals surface area contributed by atoms with E-state index in [1.807, 2.05) is 0 Å². The number of nitrogens with zero attached hydrogens (tertiary/aromatic N) is 2. The van der Waals surface area contributed by atoms with Gasteiger partial charge in [0.25, 0.3) is 0 Å². The summed E-state index contributed by atoms with van der Waals surface area (Å²) in [5.74, 6) is 0. The first-order chi connectivity index (χ1) is 34.2. The van der Waals surface area contributed by atoms with Gasteiger partial charge in [0.2, 0.25) is 0 Å². The summed E-state index contributed by atoms with van der Waals surface area (Å²) in [5, 5.41) is 5.14. The van der Waals surface area contributed by atoms with Gasteiger partial charge in [-0.3, -0.25) is 0 Å². The van der Waals surface area contributed by atoms with Crippen molar-refractivity contribution in [3.8, 4) is 0 Å². The summed E-state index contributed by atoms with van der Waals surface area (Å²) in [5.41, 5.74) is 15.9. The van der Waals surface area contributed by atoms with E-state index < -0.39 is 5.41 Å². The van der Waals surface area contributed by atoms with Crippen LogP contribution in [0.4, 0.5) is 34.1 Å². The van der Waals surface area contributed by atoms with Gasteiger partial charge in [0.1, 0.15) is 0 Å². The van der Waals surface area contributed by atoms with Crippen molar-refractivity contribution in [1.82, 2.24) is 0 Å². The third-order valence-electron chi connectivity index (χ3n) is 13.6. The molecule has 326 valence electrons. The van der Waals surface area contributed by atoms with Crippen LogP contribution in [0.25, 0.3) is 45.8 Å². The zero-order valence-electron chi connectivity index (χ0n) is 38.1. The first-order valence-electron chi connectivity index (χ1n) is 23.7. The smallest absolute Gasteiger partial charge is 0.0714 e. The minimum atomic E-state index is -0.545. The number of anilines is 6. The number of para-hydroxylation sites is 4. The Kier molecular flexibility index (Phi) is 10.8. The molecule has 2 heteroatoms. The zero-order valence-corrected chi connectivity index (χ0v) is 38.1. The molecule has 0 aliphatic heterocycles. The van der Waals surface area contributed by atoms with Crippen LogP contribution in [0.2, 0.25) is 0 Å². The predicted molar refractivity (Wildman–Crippen MR) is 293 cm³/mol. The second-order valence-corrected chi connectivity index (χ2v) is 17.7. The number of hydrogen-bond acceptors (Lipinski definition) is 2. The first-order valence-corrected chi connectivity index (χ1v) is 23.7. The maximum absolute atomic E-state index is 2.45. The van der Waals surface area contributed by atoms with E-state index in [0.29, 0.717) is 0 Å². The fourth-order valence-corrected chi connectivity index (χ4v) is 10.5. The molecule has 0 bridgehead atoms. The summed E-state index contributed by atoms with van der Waals surface area (Å²) in [6.07, 6.45) is 9.06. The minimum Gasteiger partial charge on any atom is -0.311 e. The summed E-state index contributed by atoms with van der Waals surface area (Å²) in [6, 6.07) is 96.5. The first kappa shape index (κ1) is 41.5. The molecule has 0 spiro atoms. The summed E-state index contributed by atoms with van der Waals surface area (Å²) < 4.78 is 0. The fraction of sp³-hybridized carbons (Fsp3) is 0.0149. The van der Waals surface area contributed by atoms with Gasteiger partial charge in [-0.05, 0) is 163 Å². The molecule has 0 radical (unpaired) electrons. The predicted octanol–water partition coefficient (Wildman–Crippen LogP) is 18.0. The molecule has 0 fully saturated rings. The topological polar surface area (TPSA) is 6.48 Å². The van der Waals surface area contributed by atoms with Gasteiger partial charge < -0.3 is 9.80 Å². The molecule has 0 N–H and O–H groups in total. The Morgan fingerprint density at radius 3 is 0.841 bits per heavy atom. The van der Waals surface area contributed by atoms with Crippen LogP contribution in [0.1, 0.15) is 44.5 Å². The van der Waals surface area contributed by atoms with Crippen molar-refractivity contribution >= 4 is 80.0 Å². The molecular formula is C67H48N2. The second-order valence-electron chi connectivity index (χ2n) is 17.7. The maximum Gasteiger partial charge on any atom is 0.0714 e. The zero-order chi connectivity index (χ0) is 46.0. The quantitative estimate of drug-likeness (QED) is 0.0891. The Bertz CT molecular complexity index is 3280. The van der Waals surface area contributed by atoms with Crippen molar-refractivity contribution in [2.24, 2.45) is 0 Å². The lowest BCUT2D eigenvalue weighted by Crippen LogP contribution is -2.29. The van der Waals surface area contributed by atoms with E-state index in [9.17, 15) is 0 Å². The van der Waals surface area contributed by atoms with Crippen molar-refractivity contribution in [2.45, 2.75) is 5.41 Å². The standard InChI is InChI=1S/C67H48N2/c1-7-19-55(20-8-1)67(56-21-9-2-10-22-56)63-47-51(33-31-49-35-41-61(42-36-49)68(57-23-11-3-12-24-57)58-25-13-4-14-26-58)45-53-39-40-54-46-52(48-64(67)66(54)65(53)63)34-32-50-37-43-62(44-38-50)69(59-27-15-5-16-28-59)60-29-17-6-18-30-60/h1-48H. The highest BCUT2D eigenvalue weighted by Crippen LogP contribution is 2.56. The molecule has 0 amide bonds. The van der Waals surface area contributed by atoms with Gasteiger partial charge in [-0.1, -0.05) is 194 Å². The Morgan fingerprint density at radius 1 is 0.246 bits per heavy atom. The lowest BCUT2D eigenvalue weighted by molar-refractivity contribution is 0.771. The highest BCUT2D eigenvalue weighted by molar-refractivity contribution is 6.17. The molecule has 0 saturated carbocycles. The molecular weight excluding hydrogens is 833 g/mol. The molecule has 1 aliphatic rings. The van der Waals surface area contributed by atoms with Crippen molar-refractivity contribution in [3.05, 3.63) is 311 Å². The average Bonchev–Trinajstić information content (AvgIpc) is 3.72. The molecule has 0 atom stereocenters. The molecule has 11 aromatic carbocycles. The van der Waals surface area contributed by atoms with Crippen LogP contribution < -0.4 is 9.80 Å². The number of rotatable bonds is 12. The van der Waals surface area contributed by atoms with E-state index in [2.05, 4.69) is 301 Å². The Labute approximate surface area is 404 Å². The van der Waals surface area contributed by atoms with Crippen LogP contribution in [0.3, 0.4) is 0 Å². The van der Waals surface area contributed by atoms with E-state index in [-0.39, 0.29) is 0 Å². The molecule has 0 unspecified atom stereocenters. The highest BCUT2D eigenvalue weighted by Gasteiger charge is 2.45. The normalized spacial score (nSPS) is 12.6. The second kappa shape index (κ2) is 18.0. The van der Waals surface area contributed by atoms with E-state index in [1.54, 1.807) is 0 Å². The van der Waals surface area contributed by atoms with Crippen LogP contribution in [0, 0.1) is 0 Å². The van der Waals surface area contributed by atoms with Gasteiger partial charge in [-0.15, -0.1) is 0 Å². The highest BCUT2D eigenvalue weighted by atomic mass is 15.1. The van der Waals surface area contributed by atoms with E-state index in [0.717, 1.165) is 45.3 Å². The summed E-state index contributed by atoms with van der Waals surface area (Å²) in [7, 11) is 0. The summed E-state index contributed by atoms with van der Waals surface area (Å²) in [4.78, 5) is 4.60. The van der Waals surface area contributed by atoms with Crippen LogP contribution in [0.15, 0.2) is 267 Å². The third kappa shape index (κ3) is 7.68. The Morgan fingerprint density at radius 2 is 0.522 bits per heavy atom. The Balaban J connectivity index is 0.926. The van der Waals surface area contributed by atoms with Gasteiger partial charge in [0, 0.05) is 34.1 Å². The number of hydrogen-bond donors (Lipinski definition) is 0. The van der Waals surface area contributed by atoms with Crippen molar-refractivity contribution < 1.29 is 0 Å². The Hall–Kier alpha value is -8.98. The maximum atomic E-state index is 2.45. The van der Waals surface area contributed by atoms with Crippen molar-refractivity contribution in [1.29, 1.82) is 0 Å². The van der Waals surface area contributed by atoms with Gasteiger partial charge in [0.05, 0.1) is 5.41 Å². The van der Waals surface area contributed by atoms with E-state index in [1.165, 1.54) is 54.9 Å². The molecule has 11 aromatic rings. The SMILES string of the molecule is C(=Cc1cc2c3c(ccc4cc(C=Cc5ccc(N(c6ccccc6)c6ccccc6)cc5)cc(c43)C2(c2ccccc2)c2ccccc2)c1)c1ccc(N(c2ccccc2)c2ccccc2)cc1. The average molecular weight is 881 g/mol. The molecule has 0 heterocycles. The molecule has 0 saturated heterocycles. The minimum absolute atomic E-state index is 0.545. The van der Waals surface area contributed by atoms with Gasteiger partial charge in [-0.2, -0.15) is 0 Å². The van der Waals surface area contributed by atoms with E-state index >= 15 is 0 Å². The number of benzene rings is 11. The van der Waals surface area contributed by atoms with Crippen molar-refractivity contribution in [3.63, 3.8) is 0 Å². The largest absolute Gasteiger partial charge is 0.311 e. The van der Waals surface area contributed by atoms with Gasteiger partial charge in [0.15, 0.2) is 0 Å². The molecule has 12 rings (SSSR count). The van der Waals surface area contributed by atoms with Crippen LogP contribution in [0.5, 0.6) is 0 Å². The van der Waals surface area contributed by atoms with Crippen molar-refractivity contribution in [2.75, 3.05) is 9.80 Å². The van der Waals surface area contributed by atoms with Crippen LogP contribution >= 0.6 is 0 Å². The molecule has 2 nitrogen and oxygen atoms in total. The summed E-state index contributed by atoms with van der Waals surface area (Å²) >= 11 is 0. The fourth-order valence-electron chi connectivity index (χ4n) is 10.5. The molecule has 0 aromatic heterocycles. The lowest BCUT2D eigenvalue weighted by Gasteiger charge is -2.34. The van der Waals surface area contributed by atoms with Crippen LogP contribution in [-0.2, 0) is 5.41 Å².